The maximum atomic E-state index is 13.1. The van der Waals surface area contributed by atoms with Crippen molar-refractivity contribution >= 4 is 41.2 Å². The van der Waals surface area contributed by atoms with Crippen LogP contribution in [0.3, 0.4) is 0 Å². The van der Waals surface area contributed by atoms with Crippen molar-refractivity contribution in [3.05, 3.63) is 63.4 Å². The fraction of sp³-hybridized carbons (Fsp3) is 0.375. The number of allylic oxidation sites excluding steroid dienone is 2. The minimum Gasteiger partial charge on any atom is -0.316 e. The molecule has 1 aromatic carbocycles. The van der Waals surface area contributed by atoms with Crippen LogP contribution in [0, 0.1) is 49.4 Å². The van der Waals surface area contributed by atoms with Gasteiger partial charge in [0.05, 0.1) is 28.8 Å². The second kappa shape index (κ2) is 6.57. The zero-order valence-corrected chi connectivity index (χ0v) is 18.6. The summed E-state index contributed by atoms with van der Waals surface area (Å²) in [7, 11) is 0. The molecule has 7 rings (SSSR count). The van der Waals surface area contributed by atoms with Crippen molar-refractivity contribution in [2.24, 2.45) is 40.6 Å². The largest absolute Gasteiger partial charge is 0.316 e. The molecule has 1 aliphatic heterocycles. The fourth-order valence-electron chi connectivity index (χ4n) is 6.12. The van der Waals surface area contributed by atoms with E-state index < -0.39 is 0 Å². The Hall–Kier alpha value is -2.37. The van der Waals surface area contributed by atoms with Crippen LogP contribution in [0.25, 0.3) is 5.69 Å². The third-order valence-electron chi connectivity index (χ3n) is 7.57. The monoisotopic (exact) mass is 453 g/mol. The smallest absolute Gasteiger partial charge is 0.254 e. The van der Waals surface area contributed by atoms with Gasteiger partial charge in [-0.25, -0.2) is 0 Å². The van der Waals surface area contributed by atoms with E-state index in [2.05, 4.69) is 17.3 Å². The summed E-state index contributed by atoms with van der Waals surface area (Å²) < 4.78 is 2.00. The predicted molar refractivity (Wildman–Crippen MR) is 119 cm³/mol. The highest BCUT2D eigenvalue weighted by atomic mass is 35.5. The number of carbonyl (C=O) groups excluding carboxylic acids is 2. The summed E-state index contributed by atoms with van der Waals surface area (Å²) in [6, 6.07) is 7.30. The van der Waals surface area contributed by atoms with E-state index in [0.717, 1.165) is 34.1 Å². The lowest BCUT2D eigenvalue weighted by Gasteiger charge is -2.37. The van der Waals surface area contributed by atoms with Gasteiger partial charge in [-0.2, -0.15) is 10.1 Å². The van der Waals surface area contributed by atoms with Crippen LogP contribution in [-0.2, 0) is 9.59 Å². The molecule has 0 radical (unpaired) electrons. The summed E-state index contributed by atoms with van der Waals surface area (Å²) >= 11 is 12.6. The third kappa shape index (κ3) is 2.66. The molecule has 2 saturated carbocycles. The van der Waals surface area contributed by atoms with Gasteiger partial charge in [-0.1, -0.05) is 35.4 Å². The Bertz CT molecular complexity index is 1180. The summed E-state index contributed by atoms with van der Waals surface area (Å²) in [5, 5.41) is 6.68. The number of imide groups is 1. The molecule has 6 atom stereocenters. The number of hydrogen-bond acceptors (Lipinski definition) is 3. The molecule has 0 N–H and O–H groups in total. The maximum absolute atomic E-state index is 13.1. The topological polar surface area (TPSA) is 54.7 Å². The highest BCUT2D eigenvalue weighted by Crippen LogP contribution is 2.65. The number of carbonyl (C=O) groups is 2. The quantitative estimate of drug-likeness (QED) is 0.381. The van der Waals surface area contributed by atoms with Gasteiger partial charge in [-0.15, -0.1) is 0 Å². The van der Waals surface area contributed by atoms with Gasteiger partial charge in [0.25, 0.3) is 11.8 Å². The van der Waals surface area contributed by atoms with Crippen molar-refractivity contribution in [3.8, 4) is 5.69 Å². The van der Waals surface area contributed by atoms with Crippen LogP contribution >= 0.6 is 23.2 Å². The van der Waals surface area contributed by atoms with Crippen molar-refractivity contribution in [2.45, 2.75) is 20.3 Å². The van der Waals surface area contributed by atoms with Crippen molar-refractivity contribution in [1.82, 2.24) is 9.58 Å². The molecule has 0 unspecified atom stereocenters. The molecular formula is C24H21Cl2N3O2. The highest BCUT2D eigenvalue weighted by Gasteiger charge is 2.67. The van der Waals surface area contributed by atoms with Crippen molar-refractivity contribution < 1.29 is 9.59 Å². The Morgan fingerprint density at radius 1 is 1.00 bits per heavy atom. The number of rotatable bonds is 3. The lowest BCUT2D eigenvalue weighted by Crippen LogP contribution is -2.40. The van der Waals surface area contributed by atoms with E-state index in [9.17, 15) is 9.59 Å². The highest BCUT2D eigenvalue weighted by molar-refractivity contribution is 6.34. The third-order valence-corrected chi connectivity index (χ3v) is 8.13. The minimum absolute atomic E-state index is 0.150. The van der Waals surface area contributed by atoms with Crippen LogP contribution in [0.1, 0.15) is 23.4 Å². The van der Waals surface area contributed by atoms with E-state index in [0.29, 0.717) is 21.9 Å². The standard InChI is InChI=1S/C24H21Cl2N3O2/c1-11-7-13(12(2)28(11)20-8-14(25)3-6-19(20)26)10-27-29-23(30)21-15-4-5-16(18-9-17(15)18)22(21)24(29)31/h3-8,10,15-18,21-22H,9H2,1-2H3/b27-10-/t15-,16-,17-,18+,21+,22+/m0/s1. The SMILES string of the molecule is Cc1cc(/C=N\N2C(=O)[C@@H]3[C@H]4C=C[C@@H]([C@@H]5C[C@H]45)[C@H]3C2=O)c(C)n1-c1cc(Cl)ccc1Cl. The van der Waals surface area contributed by atoms with Gasteiger partial charge in [-0.05, 0) is 68.2 Å². The first-order valence-electron chi connectivity index (χ1n) is 10.6. The zero-order valence-electron chi connectivity index (χ0n) is 17.1. The van der Waals surface area contributed by atoms with E-state index in [1.807, 2.05) is 30.5 Å². The molecule has 1 aromatic heterocycles. The normalized spacial score (nSPS) is 32.8. The molecule has 5 aliphatic rings. The Morgan fingerprint density at radius 3 is 2.29 bits per heavy atom. The summed E-state index contributed by atoms with van der Waals surface area (Å²) in [6.45, 7) is 3.93. The maximum Gasteiger partial charge on any atom is 0.254 e. The van der Waals surface area contributed by atoms with Crippen LogP contribution in [0.2, 0.25) is 10.0 Å². The first-order chi connectivity index (χ1) is 14.9. The van der Waals surface area contributed by atoms with Crippen LogP contribution < -0.4 is 0 Å². The number of benzene rings is 1. The van der Waals surface area contributed by atoms with Gasteiger partial charge in [-0.3, -0.25) is 9.59 Å². The molecule has 4 aliphatic carbocycles. The van der Waals surface area contributed by atoms with Crippen molar-refractivity contribution in [3.63, 3.8) is 0 Å². The van der Waals surface area contributed by atoms with E-state index >= 15 is 0 Å². The first kappa shape index (κ1) is 19.3. The summed E-state index contributed by atoms with van der Waals surface area (Å²) in [5.74, 6) is 0.794. The Labute approximate surface area is 190 Å². The second-order valence-corrected chi connectivity index (χ2v) is 9.99. The summed E-state index contributed by atoms with van der Waals surface area (Å²) in [5.41, 5.74) is 3.47. The molecular weight excluding hydrogens is 433 g/mol. The van der Waals surface area contributed by atoms with Gasteiger partial charge in [0.15, 0.2) is 0 Å². The minimum atomic E-state index is -0.235. The van der Waals surface area contributed by atoms with Crippen LogP contribution in [0.15, 0.2) is 41.5 Å². The zero-order chi connectivity index (χ0) is 21.6. The average Bonchev–Trinajstić information content (AvgIpc) is 3.47. The molecule has 3 fully saturated rings. The van der Waals surface area contributed by atoms with Gasteiger partial charge < -0.3 is 4.57 Å². The molecule has 31 heavy (non-hydrogen) atoms. The van der Waals surface area contributed by atoms with Gasteiger partial charge in [0.2, 0.25) is 0 Å². The van der Waals surface area contributed by atoms with E-state index in [-0.39, 0.29) is 35.5 Å². The summed E-state index contributed by atoms with van der Waals surface area (Å²) in [6.07, 6.45) is 7.10. The lowest BCUT2D eigenvalue weighted by molar-refractivity contribution is -0.140. The van der Waals surface area contributed by atoms with Gasteiger partial charge in [0, 0.05) is 22.0 Å². The average molecular weight is 454 g/mol. The predicted octanol–water partition coefficient (Wildman–Crippen LogP) is 4.79. The first-order valence-corrected chi connectivity index (χ1v) is 11.4. The summed E-state index contributed by atoms with van der Waals surface area (Å²) in [4.78, 5) is 26.2. The molecule has 5 nitrogen and oxygen atoms in total. The van der Waals surface area contributed by atoms with Crippen molar-refractivity contribution in [2.75, 3.05) is 0 Å². The number of nitrogens with zero attached hydrogens (tertiary/aromatic N) is 3. The Balaban J connectivity index is 1.32. The van der Waals surface area contributed by atoms with E-state index in [4.69, 9.17) is 23.2 Å². The fourth-order valence-corrected chi connectivity index (χ4v) is 6.49. The molecule has 158 valence electrons. The molecule has 2 heterocycles. The number of amides is 2. The second-order valence-electron chi connectivity index (χ2n) is 9.15. The Kier molecular flexibility index (Phi) is 4.09. The van der Waals surface area contributed by atoms with Crippen LogP contribution in [-0.4, -0.2) is 27.6 Å². The van der Waals surface area contributed by atoms with Gasteiger partial charge in [0.1, 0.15) is 0 Å². The van der Waals surface area contributed by atoms with Crippen molar-refractivity contribution in [1.29, 1.82) is 0 Å². The van der Waals surface area contributed by atoms with E-state index in [1.54, 1.807) is 18.3 Å². The Morgan fingerprint density at radius 2 is 1.65 bits per heavy atom. The molecule has 2 amide bonds. The molecule has 1 saturated heterocycles. The molecule has 2 bridgehead atoms. The molecule has 0 spiro atoms. The number of aromatic nitrogens is 1. The molecule has 2 aromatic rings. The van der Waals surface area contributed by atoms with Crippen LogP contribution in [0.4, 0.5) is 0 Å². The molecule has 7 heteroatoms. The number of hydrogen-bond donors (Lipinski definition) is 0. The number of hydrazone groups is 1. The number of aryl methyl sites for hydroxylation is 1. The van der Waals surface area contributed by atoms with Gasteiger partial charge >= 0.3 is 0 Å². The lowest BCUT2D eigenvalue weighted by atomic mass is 9.63. The number of halogens is 2. The van der Waals surface area contributed by atoms with E-state index in [1.165, 1.54) is 0 Å². The van der Waals surface area contributed by atoms with Crippen LogP contribution in [0.5, 0.6) is 0 Å².